The second kappa shape index (κ2) is 11.0. The van der Waals surface area contributed by atoms with Crippen molar-refractivity contribution < 1.29 is 14.7 Å². The summed E-state index contributed by atoms with van der Waals surface area (Å²) in [6, 6.07) is 21.6. The Bertz CT molecular complexity index is 1870. The molecule has 0 radical (unpaired) electrons. The summed E-state index contributed by atoms with van der Waals surface area (Å²) in [6.07, 6.45) is 12.7. The van der Waals surface area contributed by atoms with E-state index in [-0.39, 0.29) is 5.82 Å². The minimum Gasteiger partial charge on any atom is -0.454 e. The smallest absolute Gasteiger partial charge is 0.219 e. The third kappa shape index (κ3) is 4.70. The summed E-state index contributed by atoms with van der Waals surface area (Å²) in [7, 11) is 1.90. The fourth-order valence-electron chi connectivity index (χ4n) is 7.72. The Morgan fingerprint density at radius 2 is 1.50 bits per heavy atom. The van der Waals surface area contributed by atoms with Crippen LogP contribution < -0.4 is 4.57 Å². The summed E-state index contributed by atoms with van der Waals surface area (Å²) in [5.74, 6) is 0.787. The quantitative estimate of drug-likeness (QED) is 0.206. The van der Waals surface area contributed by atoms with Crippen LogP contribution in [0.25, 0.3) is 44.3 Å². The zero-order valence-electron chi connectivity index (χ0n) is 25.6. The topological polar surface area (TPSA) is 40.8 Å². The number of aromatic nitrogens is 1. The maximum absolute atomic E-state index is 14.4. The molecule has 0 spiro atoms. The normalized spacial score (nSPS) is 21.9. The van der Waals surface area contributed by atoms with E-state index in [0.717, 1.165) is 81.8 Å². The summed E-state index contributed by atoms with van der Waals surface area (Å²) < 4.78 is 32.3. The average molecular weight is 559 g/mol. The molecule has 0 amide bonds. The summed E-state index contributed by atoms with van der Waals surface area (Å²) in [5, 5.41) is 12.0. The van der Waals surface area contributed by atoms with E-state index in [4.69, 9.17) is 4.42 Å². The lowest BCUT2D eigenvalue weighted by molar-refractivity contribution is -0.660. The van der Waals surface area contributed by atoms with E-state index in [1.807, 2.05) is 42.8 Å². The molecule has 0 bridgehead atoms. The van der Waals surface area contributed by atoms with Crippen LogP contribution in [0.2, 0.25) is 0 Å². The van der Waals surface area contributed by atoms with E-state index in [2.05, 4.69) is 30.3 Å². The highest BCUT2D eigenvalue weighted by Crippen LogP contribution is 2.45. The van der Waals surface area contributed by atoms with E-state index in [0.29, 0.717) is 16.7 Å². The molecule has 2 saturated carbocycles. The fourth-order valence-corrected chi connectivity index (χ4v) is 7.72. The highest BCUT2D eigenvalue weighted by molar-refractivity contribution is 6.14. The maximum Gasteiger partial charge on any atom is 0.219 e. The lowest BCUT2D eigenvalue weighted by atomic mass is 9.70. The molecule has 2 heterocycles. The molecule has 2 aliphatic rings. The Kier molecular flexibility index (Phi) is 6.75. The monoisotopic (exact) mass is 558 g/mol. The highest BCUT2D eigenvalue weighted by Gasteiger charge is 2.29. The molecule has 2 aliphatic carbocycles. The molecule has 0 unspecified atom stereocenters. The molecule has 7 rings (SSSR count). The van der Waals surface area contributed by atoms with Crippen molar-refractivity contribution >= 4 is 21.9 Å². The third-order valence-electron chi connectivity index (χ3n) is 10.0. The van der Waals surface area contributed by atoms with Gasteiger partial charge in [-0.1, -0.05) is 68.5 Å². The highest BCUT2D eigenvalue weighted by atomic mass is 19.1. The second-order valence-corrected chi connectivity index (χ2v) is 12.5. The Morgan fingerprint density at radius 1 is 0.833 bits per heavy atom. The number of benzene rings is 3. The van der Waals surface area contributed by atoms with E-state index in [1.165, 1.54) is 44.2 Å². The average Bonchev–Trinajstić information content (AvgIpc) is 3.41. The SMILES string of the molecule is [2H]C1(c2ccc(-c3c(C#N)ccc4c3oc3c(-c5cc(F)cc[n+]5C)c(C)ccc34)cc2)CCC(C2CCCCC2)CC1. The molecule has 42 heavy (non-hydrogen) atoms. The Hall–Kier alpha value is -3.97. The molecule has 0 aliphatic heterocycles. The molecule has 2 aromatic heterocycles. The van der Waals surface area contributed by atoms with Crippen LogP contribution in [0.15, 0.2) is 71.3 Å². The lowest BCUT2D eigenvalue weighted by Gasteiger charge is -2.36. The number of pyridine rings is 1. The molecular weight excluding hydrogens is 519 g/mol. The molecule has 0 saturated heterocycles. The Balaban J connectivity index is 1.27. The zero-order valence-corrected chi connectivity index (χ0v) is 24.6. The molecular formula is C38H38FN2O+. The molecule has 3 aromatic carbocycles. The van der Waals surface area contributed by atoms with Crippen LogP contribution in [0.1, 0.15) is 81.7 Å². The molecule has 212 valence electrons. The predicted molar refractivity (Wildman–Crippen MR) is 166 cm³/mol. The van der Waals surface area contributed by atoms with Gasteiger partial charge in [-0.15, -0.1) is 0 Å². The Labute approximate surface area is 249 Å². The van der Waals surface area contributed by atoms with Crippen LogP contribution in [-0.4, -0.2) is 0 Å². The van der Waals surface area contributed by atoms with Crippen LogP contribution in [0.5, 0.6) is 0 Å². The minimum atomic E-state index is -0.556. The summed E-state index contributed by atoms with van der Waals surface area (Å²) in [6.45, 7) is 2.01. The number of nitrogens with zero attached hydrogens (tertiary/aromatic N) is 2. The van der Waals surface area contributed by atoms with E-state index in [1.54, 1.807) is 6.20 Å². The summed E-state index contributed by atoms with van der Waals surface area (Å²) >= 11 is 0. The van der Waals surface area contributed by atoms with Crippen molar-refractivity contribution in [2.75, 3.05) is 0 Å². The largest absolute Gasteiger partial charge is 0.454 e. The van der Waals surface area contributed by atoms with Gasteiger partial charge in [0.2, 0.25) is 5.69 Å². The first kappa shape index (κ1) is 25.7. The van der Waals surface area contributed by atoms with Gasteiger partial charge >= 0.3 is 0 Å². The Morgan fingerprint density at radius 3 is 2.21 bits per heavy atom. The first-order valence-electron chi connectivity index (χ1n) is 16.0. The number of fused-ring (bicyclic) bond motifs is 3. The van der Waals surface area contributed by atoms with Gasteiger partial charge in [0.25, 0.3) is 0 Å². The zero-order chi connectivity index (χ0) is 29.7. The molecule has 3 nitrogen and oxygen atoms in total. The maximum atomic E-state index is 14.4. The van der Waals surface area contributed by atoms with Gasteiger partial charge in [-0.2, -0.15) is 5.26 Å². The van der Waals surface area contributed by atoms with E-state index < -0.39 is 5.89 Å². The lowest BCUT2D eigenvalue weighted by Crippen LogP contribution is -2.30. The van der Waals surface area contributed by atoms with E-state index in [9.17, 15) is 11.0 Å². The van der Waals surface area contributed by atoms with Crippen molar-refractivity contribution in [3.05, 3.63) is 89.4 Å². The van der Waals surface area contributed by atoms with Crippen LogP contribution in [0.4, 0.5) is 4.39 Å². The van der Waals surface area contributed by atoms with Gasteiger partial charge in [0.1, 0.15) is 24.0 Å². The number of nitriles is 1. The van der Waals surface area contributed by atoms with Crippen molar-refractivity contribution in [3.8, 4) is 28.5 Å². The van der Waals surface area contributed by atoms with Gasteiger partial charge in [-0.3, -0.25) is 0 Å². The minimum absolute atomic E-state index is 0.303. The van der Waals surface area contributed by atoms with Crippen LogP contribution >= 0.6 is 0 Å². The van der Waals surface area contributed by atoms with Crippen molar-refractivity contribution in [1.82, 2.24) is 0 Å². The second-order valence-electron chi connectivity index (χ2n) is 12.5. The molecule has 4 heteroatoms. The van der Waals surface area contributed by atoms with Gasteiger partial charge in [-0.25, -0.2) is 8.96 Å². The molecule has 2 fully saturated rings. The predicted octanol–water partition coefficient (Wildman–Crippen LogP) is 9.92. The van der Waals surface area contributed by atoms with Crippen molar-refractivity contribution in [2.24, 2.45) is 18.9 Å². The first-order chi connectivity index (χ1) is 20.9. The number of rotatable bonds is 4. The molecule has 0 atom stereocenters. The number of hydrogen-bond donors (Lipinski definition) is 0. The van der Waals surface area contributed by atoms with Gasteiger partial charge in [0.05, 0.1) is 17.2 Å². The fraction of sp³-hybridized carbons (Fsp3) is 0.368. The van der Waals surface area contributed by atoms with Gasteiger partial charge < -0.3 is 4.42 Å². The number of aryl methyl sites for hydroxylation is 2. The standard InChI is InChI=1S/C38H38FN2O/c1-24-8-18-32-33-19-17-30(23-40)36(38(33)42-37(32)35(24)34-22-31(39)20-21-41(34)2)29-15-13-28(14-16-29)27-11-9-26(10-12-27)25-6-4-3-5-7-25/h8,13-22,25-27H,3-7,9-12H2,1-2H3/q+1/i27D. The van der Waals surface area contributed by atoms with Gasteiger partial charge in [0.15, 0.2) is 6.20 Å². The molecule has 5 aromatic rings. The van der Waals surface area contributed by atoms with Crippen LogP contribution in [0.3, 0.4) is 0 Å². The summed E-state index contributed by atoms with van der Waals surface area (Å²) in [4.78, 5) is 0. The third-order valence-corrected chi connectivity index (χ3v) is 10.0. The number of halogens is 1. The molecule has 0 N–H and O–H groups in total. The van der Waals surface area contributed by atoms with Gasteiger partial charge in [0, 0.05) is 29.8 Å². The van der Waals surface area contributed by atoms with Gasteiger partial charge in [-0.05, 0) is 79.2 Å². The van der Waals surface area contributed by atoms with Crippen molar-refractivity contribution in [2.45, 2.75) is 70.6 Å². The first-order valence-corrected chi connectivity index (χ1v) is 15.5. The van der Waals surface area contributed by atoms with Crippen molar-refractivity contribution in [3.63, 3.8) is 0 Å². The summed E-state index contributed by atoms with van der Waals surface area (Å²) in [5.41, 5.74) is 7.16. The van der Waals surface area contributed by atoms with Crippen LogP contribution in [-0.2, 0) is 7.05 Å². The van der Waals surface area contributed by atoms with Crippen molar-refractivity contribution in [1.29, 1.82) is 5.26 Å². The van der Waals surface area contributed by atoms with Crippen LogP contribution in [0, 0.1) is 35.9 Å². The van der Waals surface area contributed by atoms with E-state index >= 15 is 0 Å². The number of hydrogen-bond acceptors (Lipinski definition) is 2. The number of furan rings is 1.